The molecule has 0 bridgehead atoms. The zero-order valence-electron chi connectivity index (χ0n) is 17.0. The number of hydrogen-bond donors (Lipinski definition) is 4. The highest BCUT2D eigenvalue weighted by Gasteiger charge is 2.20. The first-order valence-corrected chi connectivity index (χ1v) is 9.74. The van der Waals surface area contributed by atoms with Crippen LogP contribution in [0.3, 0.4) is 0 Å². The number of nitrogens with two attached hydrogens (primary N) is 2. The molecule has 0 unspecified atom stereocenters. The Morgan fingerprint density at radius 1 is 1.28 bits per heavy atom. The first kappa shape index (κ1) is 22.4. The third-order valence-corrected chi connectivity index (χ3v) is 4.25. The number of ether oxygens (including phenoxy) is 1. The Balaban J connectivity index is 2.35. The van der Waals surface area contributed by atoms with Crippen LogP contribution in [0, 0.1) is 5.82 Å². The number of rotatable bonds is 11. The second-order valence-corrected chi connectivity index (χ2v) is 6.83. The molecule has 0 aliphatic carbocycles. The molecule has 29 heavy (non-hydrogen) atoms. The molecular formula is C20H29FN6O2. The Hall–Kier alpha value is -2.94. The largest absolute Gasteiger partial charge is 0.478 e. The van der Waals surface area contributed by atoms with Gasteiger partial charge in [-0.15, -0.1) is 0 Å². The van der Waals surface area contributed by atoms with E-state index >= 15 is 0 Å². The Kier molecular flexibility index (Phi) is 8.14. The molecule has 0 radical (unpaired) electrons. The van der Waals surface area contributed by atoms with Gasteiger partial charge in [0.15, 0.2) is 11.6 Å². The summed E-state index contributed by atoms with van der Waals surface area (Å²) in [5.41, 5.74) is 11.9. The van der Waals surface area contributed by atoms with E-state index in [1.165, 1.54) is 0 Å². The van der Waals surface area contributed by atoms with Crippen LogP contribution >= 0.6 is 0 Å². The topological polar surface area (TPSA) is 128 Å². The highest BCUT2D eigenvalue weighted by atomic mass is 19.1. The maximum Gasteiger partial charge on any atom is 0.252 e. The molecule has 0 saturated heterocycles. The number of halogens is 1. The number of aromatic nitrogens is 2. The normalized spacial score (nSPS) is 12.9. The maximum absolute atomic E-state index is 14.6. The number of pyridine rings is 2. The first-order chi connectivity index (χ1) is 13.8. The highest BCUT2D eigenvalue weighted by Crippen LogP contribution is 2.26. The minimum absolute atomic E-state index is 0.00441. The van der Waals surface area contributed by atoms with Gasteiger partial charge in [-0.05, 0) is 31.9 Å². The third-order valence-electron chi connectivity index (χ3n) is 4.25. The van der Waals surface area contributed by atoms with E-state index in [9.17, 15) is 9.18 Å². The molecule has 0 aliphatic heterocycles. The van der Waals surface area contributed by atoms with Crippen LogP contribution in [0.15, 0.2) is 24.4 Å². The number of nitrogens with zero attached hydrogens (tertiary/aromatic N) is 2. The summed E-state index contributed by atoms with van der Waals surface area (Å²) >= 11 is 0. The lowest BCUT2D eigenvalue weighted by molar-refractivity contribution is 0.100. The van der Waals surface area contributed by atoms with Crippen molar-refractivity contribution < 1.29 is 13.9 Å². The summed E-state index contributed by atoms with van der Waals surface area (Å²) in [5, 5.41) is 6.04. The van der Waals surface area contributed by atoms with Gasteiger partial charge in [-0.3, -0.25) is 4.79 Å². The van der Waals surface area contributed by atoms with E-state index in [1.54, 1.807) is 18.3 Å². The number of nitrogens with one attached hydrogen (secondary N) is 2. The molecule has 6 N–H and O–H groups in total. The van der Waals surface area contributed by atoms with Crippen molar-refractivity contribution in [2.45, 2.75) is 52.1 Å². The molecular weight excluding hydrogens is 375 g/mol. The molecule has 2 rings (SSSR count). The SMILES string of the molecule is CCCOc1cc(Nc2nc(N[C@H](CCC)[C@H](C)N)c(F)cc2C(N)=O)ccn1. The van der Waals surface area contributed by atoms with Crippen LogP contribution in [0.25, 0.3) is 0 Å². The fraction of sp³-hybridized carbons (Fsp3) is 0.450. The standard InChI is InChI=1S/C20H29FN6O2/c1-4-6-16(12(3)22)26-20-15(21)11-14(18(23)28)19(27-20)25-13-7-8-24-17(10-13)29-9-5-2/h7-8,10-12,16H,4-6,9,22H2,1-3H3,(H2,23,28)(H2,24,25,26,27)/t12-,16+/m0/s1. The highest BCUT2D eigenvalue weighted by molar-refractivity contribution is 5.98. The van der Waals surface area contributed by atoms with Gasteiger partial charge in [0.2, 0.25) is 5.88 Å². The van der Waals surface area contributed by atoms with Crippen molar-refractivity contribution in [3.63, 3.8) is 0 Å². The zero-order valence-corrected chi connectivity index (χ0v) is 17.0. The lowest BCUT2D eigenvalue weighted by Gasteiger charge is -2.23. The van der Waals surface area contributed by atoms with E-state index in [0.29, 0.717) is 18.2 Å². The van der Waals surface area contributed by atoms with Crippen LogP contribution in [-0.4, -0.2) is 34.6 Å². The van der Waals surface area contributed by atoms with Gasteiger partial charge < -0.3 is 26.8 Å². The van der Waals surface area contributed by atoms with Crippen molar-refractivity contribution in [2.75, 3.05) is 17.2 Å². The third kappa shape index (κ3) is 6.28. The number of anilines is 3. The second-order valence-electron chi connectivity index (χ2n) is 6.83. The van der Waals surface area contributed by atoms with Crippen LogP contribution in [0.5, 0.6) is 5.88 Å². The van der Waals surface area contributed by atoms with Gasteiger partial charge in [0, 0.05) is 30.0 Å². The summed E-state index contributed by atoms with van der Waals surface area (Å²) in [5.74, 6) is -0.899. The fourth-order valence-corrected chi connectivity index (χ4v) is 2.74. The summed E-state index contributed by atoms with van der Waals surface area (Å²) in [7, 11) is 0. The van der Waals surface area contributed by atoms with Gasteiger partial charge in [0.25, 0.3) is 5.91 Å². The average molecular weight is 404 g/mol. The lowest BCUT2D eigenvalue weighted by atomic mass is 10.1. The predicted octanol–water partition coefficient (Wildman–Crippen LogP) is 3.17. The Labute approximate surface area is 170 Å². The number of amides is 1. The molecule has 0 saturated carbocycles. The summed E-state index contributed by atoms with van der Waals surface area (Å²) in [6.07, 6.45) is 4.04. The van der Waals surface area contributed by atoms with Crippen LogP contribution in [0.1, 0.15) is 50.4 Å². The monoisotopic (exact) mass is 404 g/mol. The van der Waals surface area contributed by atoms with Gasteiger partial charge in [-0.25, -0.2) is 14.4 Å². The van der Waals surface area contributed by atoms with Crippen LogP contribution in [-0.2, 0) is 0 Å². The Morgan fingerprint density at radius 2 is 2.03 bits per heavy atom. The van der Waals surface area contributed by atoms with E-state index in [2.05, 4.69) is 20.6 Å². The summed E-state index contributed by atoms with van der Waals surface area (Å²) in [4.78, 5) is 20.2. The molecule has 0 fully saturated rings. The van der Waals surface area contributed by atoms with E-state index in [1.807, 2.05) is 20.8 Å². The number of hydrogen-bond acceptors (Lipinski definition) is 7. The second kappa shape index (κ2) is 10.6. The number of carbonyl (C=O) groups is 1. The molecule has 2 atom stereocenters. The molecule has 1 amide bonds. The first-order valence-electron chi connectivity index (χ1n) is 9.74. The summed E-state index contributed by atoms with van der Waals surface area (Å²) in [6.45, 7) is 6.39. The van der Waals surface area contributed by atoms with Crippen molar-refractivity contribution in [1.29, 1.82) is 0 Å². The van der Waals surface area contributed by atoms with Crippen LogP contribution < -0.4 is 26.8 Å². The van der Waals surface area contributed by atoms with Crippen LogP contribution in [0.4, 0.5) is 21.7 Å². The zero-order chi connectivity index (χ0) is 21.4. The van der Waals surface area contributed by atoms with E-state index < -0.39 is 11.7 Å². The Bertz CT molecular complexity index is 831. The van der Waals surface area contributed by atoms with Gasteiger partial charge in [-0.1, -0.05) is 20.3 Å². The minimum atomic E-state index is -0.792. The Morgan fingerprint density at radius 3 is 2.66 bits per heavy atom. The predicted molar refractivity (Wildman–Crippen MR) is 112 cm³/mol. The molecule has 0 aliphatic rings. The lowest BCUT2D eigenvalue weighted by Crippen LogP contribution is -2.38. The van der Waals surface area contributed by atoms with Gasteiger partial charge in [0.1, 0.15) is 5.82 Å². The van der Waals surface area contributed by atoms with Crippen LogP contribution in [0.2, 0.25) is 0 Å². The minimum Gasteiger partial charge on any atom is -0.478 e. The number of carbonyl (C=O) groups excluding carboxylic acids is 1. The fourth-order valence-electron chi connectivity index (χ4n) is 2.74. The number of primary amides is 1. The molecule has 2 heterocycles. The van der Waals surface area contributed by atoms with Crippen molar-refractivity contribution in [3.05, 3.63) is 35.8 Å². The van der Waals surface area contributed by atoms with Crippen molar-refractivity contribution in [1.82, 2.24) is 9.97 Å². The van der Waals surface area contributed by atoms with Crippen molar-refractivity contribution >= 4 is 23.2 Å². The summed E-state index contributed by atoms with van der Waals surface area (Å²) < 4.78 is 20.1. The maximum atomic E-state index is 14.6. The quantitative estimate of drug-likeness (QED) is 0.453. The average Bonchev–Trinajstić information content (AvgIpc) is 2.68. The smallest absolute Gasteiger partial charge is 0.252 e. The van der Waals surface area contributed by atoms with Gasteiger partial charge in [-0.2, -0.15) is 0 Å². The van der Waals surface area contributed by atoms with E-state index in [4.69, 9.17) is 16.2 Å². The van der Waals surface area contributed by atoms with Gasteiger partial charge >= 0.3 is 0 Å². The molecule has 2 aromatic rings. The van der Waals surface area contributed by atoms with Gasteiger partial charge in [0.05, 0.1) is 12.2 Å². The van der Waals surface area contributed by atoms with Crippen molar-refractivity contribution in [3.8, 4) is 5.88 Å². The van der Waals surface area contributed by atoms with E-state index in [-0.39, 0.29) is 29.3 Å². The van der Waals surface area contributed by atoms with Crippen molar-refractivity contribution in [2.24, 2.45) is 11.5 Å². The molecule has 0 spiro atoms. The van der Waals surface area contributed by atoms with E-state index in [0.717, 1.165) is 25.3 Å². The summed E-state index contributed by atoms with van der Waals surface area (Å²) in [6, 6.07) is 4.05. The molecule has 0 aromatic carbocycles. The molecule has 8 nitrogen and oxygen atoms in total. The molecule has 2 aromatic heterocycles. The molecule has 9 heteroatoms. The molecule has 158 valence electrons.